The predicted octanol–water partition coefficient (Wildman–Crippen LogP) is 4.14. The molecule has 2 N–H and O–H groups in total. The summed E-state index contributed by atoms with van der Waals surface area (Å²) in [5.41, 5.74) is 4.07. The molecule has 0 aliphatic heterocycles. The maximum absolute atomic E-state index is 13.5. The molecule has 0 radical (unpaired) electrons. The van der Waals surface area contributed by atoms with E-state index in [9.17, 15) is 18.0 Å². The third-order valence-electron chi connectivity index (χ3n) is 6.20. The lowest BCUT2D eigenvalue weighted by Gasteiger charge is -2.21. The van der Waals surface area contributed by atoms with E-state index in [4.69, 9.17) is 16.0 Å². The van der Waals surface area contributed by atoms with Gasteiger partial charge in [-0.2, -0.15) is 9.41 Å². The number of halogens is 1. The van der Waals surface area contributed by atoms with Gasteiger partial charge in [0, 0.05) is 17.6 Å². The van der Waals surface area contributed by atoms with Gasteiger partial charge in [0.2, 0.25) is 10.0 Å². The molecule has 0 atom stereocenters. The average molecular weight is 557 g/mol. The van der Waals surface area contributed by atoms with Gasteiger partial charge >= 0.3 is 11.8 Å². The van der Waals surface area contributed by atoms with Gasteiger partial charge in [-0.05, 0) is 61.7 Å². The third-order valence-corrected chi connectivity index (χ3v) is 8.26. The number of nitrogens with one attached hydrogen (secondary N) is 2. The zero-order valence-electron chi connectivity index (χ0n) is 20.9. The molecule has 1 aromatic heterocycles. The molecule has 1 aliphatic rings. The van der Waals surface area contributed by atoms with Gasteiger partial charge in [0.05, 0.1) is 17.7 Å². The van der Waals surface area contributed by atoms with Crippen LogP contribution in [0.1, 0.15) is 48.3 Å². The first-order chi connectivity index (χ1) is 18.2. The van der Waals surface area contributed by atoms with Gasteiger partial charge in [-0.15, -0.1) is 0 Å². The van der Waals surface area contributed by atoms with Crippen molar-refractivity contribution in [2.45, 2.75) is 56.6 Å². The van der Waals surface area contributed by atoms with E-state index in [-0.39, 0.29) is 29.8 Å². The molecule has 1 heterocycles. The molecule has 200 valence electrons. The Morgan fingerprint density at radius 3 is 2.37 bits per heavy atom. The van der Waals surface area contributed by atoms with Crippen LogP contribution in [0.15, 0.2) is 75.1 Å². The topological polar surface area (TPSA) is 121 Å². The summed E-state index contributed by atoms with van der Waals surface area (Å²) in [6.45, 7) is 2.05. The Hall–Kier alpha value is -3.47. The zero-order valence-corrected chi connectivity index (χ0v) is 22.5. The highest BCUT2D eigenvalue weighted by Gasteiger charge is 2.26. The molecule has 2 amide bonds. The number of benzene rings is 2. The van der Waals surface area contributed by atoms with Crippen LogP contribution in [-0.2, 0) is 32.7 Å². The van der Waals surface area contributed by atoms with Crippen molar-refractivity contribution in [1.82, 2.24) is 15.0 Å². The van der Waals surface area contributed by atoms with Gasteiger partial charge < -0.3 is 9.73 Å². The fourth-order valence-corrected chi connectivity index (χ4v) is 5.65. The summed E-state index contributed by atoms with van der Waals surface area (Å²) in [5, 5.41) is 6.91. The summed E-state index contributed by atoms with van der Waals surface area (Å²) < 4.78 is 34.0. The first-order valence-corrected chi connectivity index (χ1v) is 14.1. The Kier molecular flexibility index (Phi) is 8.98. The third kappa shape index (κ3) is 7.31. The lowest BCUT2D eigenvalue weighted by Crippen LogP contribution is -2.42. The largest absolute Gasteiger partial charge is 0.459 e. The van der Waals surface area contributed by atoms with Crippen molar-refractivity contribution in [2.24, 2.45) is 5.10 Å². The SMILES string of the molecule is Cc1ccc(CN(Cc2ccc(/C=N/NC(=O)C(=O)NC3CCCC3)o2)S(=O)(=O)c2ccc(Cl)cc2)cc1. The maximum Gasteiger partial charge on any atom is 0.329 e. The number of sulfonamides is 1. The van der Waals surface area contributed by atoms with Crippen molar-refractivity contribution in [3.05, 3.63) is 88.3 Å². The number of hydrazone groups is 1. The second kappa shape index (κ2) is 12.4. The van der Waals surface area contributed by atoms with Crippen molar-refractivity contribution in [2.75, 3.05) is 0 Å². The lowest BCUT2D eigenvalue weighted by atomic mass is 10.1. The van der Waals surface area contributed by atoms with Crippen LogP contribution in [0.2, 0.25) is 5.02 Å². The normalized spacial score (nSPS) is 14.3. The second-order valence-electron chi connectivity index (χ2n) is 9.17. The van der Waals surface area contributed by atoms with Crippen LogP contribution in [0.25, 0.3) is 0 Å². The minimum absolute atomic E-state index is 0.0249. The van der Waals surface area contributed by atoms with Gasteiger partial charge in [-0.1, -0.05) is 54.3 Å². The summed E-state index contributed by atoms with van der Waals surface area (Å²) in [5.74, 6) is -0.927. The first kappa shape index (κ1) is 27.6. The summed E-state index contributed by atoms with van der Waals surface area (Å²) in [6, 6.07) is 16.9. The van der Waals surface area contributed by atoms with Gasteiger partial charge in [-0.3, -0.25) is 9.59 Å². The quantitative estimate of drug-likeness (QED) is 0.233. The fraction of sp³-hybridized carbons (Fsp3) is 0.296. The molecule has 1 aliphatic carbocycles. The molecule has 1 fully saturated rings. The molecule has 4 rings (SSSR count). The number of carbonyl (C=O) groups is 2. The van der Waals surface area contributed by atoms with Gasteiger partial charge in [-0.25, -0.2) is 13.8 Å². The van der Waals surface area contributed by atoms with E-state index in [1.165, 1.54) is 34.8 Å². The van der Waals surface area contributed by atoms with E-state index < -0.39 is 21.8 Å². The molecule has 38 heavy (non-hydrogen) atoms. The Labute approximate surface area is 226 Å². The molecule has 1 saturated carbocycles. The minimum atomic E-state index is -3.88. The Morgan fingerprint density at radius 1 is 1.00 bits per heavy atom. The van der Waals surface area contributed by atoms with Crippen LogP contribution < -0.4 is 10.7 Å². The maximum atomic E-state index is 13.5. The van der Waals surface area contributed by atoms with E-state index in [0.717, 1.165) is 36.8 Å². The molecule has 0 saturated heterocycles. The molecule has 0 spiro atoms. The van der Waals surface area contributed by atoms with Crippen molar-refractivity contribution < 1.29 is 22.4 Å². The molecular weight excluding hydrogens is 528 g/mol. The summed E-state index contributed by atoms with van der Waals surface area (Å²) >= 11 is 5.95. The van der Waals surface area contributed by atoms with E-state index in [0.29, 0.717) is 10.8 Å². The second-order valence-corrected chi connectivity index (χ2v) is 11.5. The molecule has 9 nitrogen and oxygen atoms in total. The highest BCUT2D eigenvalue weighted by atomic mass is 35.5. The van der Waals surface area contributed by atoms with Crippen LogP contribution >= 0.6 is 11.6 Å². The Morgan fingerprint density at radius 2 is 1.68 bits per heavy atom. The highest BCUT2D eigenvalue weighted by molar-refractivity contribution is 7.89. The molecule has 3 aromatic rings. The number of furan rings is 1. The highest BCUT2D eigenvalue weighted by Crippen LogP contribution is 2.23. The van der Waals surface area contributed by atoms with Crippen LogP contribution in [0.5, 0.6) is 0 Å². The van der Waals surface area contributed by atoms with Crippen molar-refractivity contribution >= 4 is 39.7 Å². The van der Waals surface area contributed by atoms with Crippen molar-refractivity contribution in [3.8, 4) is 0 Å². The molecular formula is C27H29ClN4O5S. The first-order valence-electron chi connectivity index (χ1n) is 12.2. The van der Waals surface area contributed by atoms with Crippen LogP contribution in [0.4, 0.5) is 0 Å². The summed E-state index contributed by atoms with van der Waals surface area (Å²) in [6.07, 6.45) is 5.06. The van der Waals surface area contributed by atoms with E-state index in [1.54, 1.807) is 12.1 Å². The monoisotopic (exact) mass is 556 g/mol. The van der Waals surface area contributed by atoms with Crippen LogP contribution in [0, 0.1) is 6.92 Å². The standard InChI is InChI=1S/C27H29ClN4O5S/c1-19-6-8-20(9-7-19)17-32(38(35,36)25-14-10-21(28)11-15-25)18-24-13-12-23(37-24)16-29-31-27(34)26(33)30-22-4-2-3-5-22/h6-16,22H,2-5,17-18H2,1H3,(H,30,33)(H,31,34)/b29-16+. The van der Waals surface area contributed by atoms with Gasteiger partial charge in [0.15, 0.2) is 0 Å². The number of amides is 2. The van der Waals surface area contributed by atoms with Crippen molar-refractivity contribution in [3.63, 3.8) is 0 Å². The number of hydrogen-bond donors (Lipinski definition) is 2. The average Bonchev–Trinajstić information content (AvgIpc) is 3.57. The summed E-state index contributed by atoms with van der Waals surface area (Å²) in [7, 11) is -3.88. The predicted molar refractivity (Wildman–Crippen MR) is 144 cm³/mol. The van der Waals surface area contributed by atoms with Crippen LogP contribution in [0.3, 0.4) is 0 Å². The molecule has 11 heteroatoms. The lowest BCUT2D eigenvalue weighted by molar-refractivity contribution is -0.139. The van der Waals surface area contributed by atoms with E-state index in [2.05, 4.69) is 15.8 Å². The number of hydrogen-bond acceptors (Lipinski definition) is 6. The number of nitrogens with zero attached hydrogens (tertiary/aromatic N) is 2. The van der Waals surface area contributed by atoms with Crippen molar-refractivity contribution in [1.29, 1.82) is 0 Å². The number of carbonyl (C=O) groups excluding carboxylic acids is 2. The Bertz CT molecular complexity index is 1400. The number of aryl methyl sites for hydroxylation is 1. The number of rotatable bonds is 9. The summed E-state index contributed by atoms with van der Waals surface area (Å²) in [4.78, 5) is 24.1. The fourth-order valence-electron chi connectivity index (χ4n) is 4.13. The molecule has 0 unspecified atom stereocenters. The smallest absolute Gasteiger partial charge is 0.329 e. The van der Waals surface area contributed by atoms with Gasteiger partial charge in [0.25, 0.3) is 0 Å². The molecule has 0 bridgehead atoms. The molecule has 2 aromatic carbocycles. The van der Waals surface area contributed by atoms with Crippen LogP contribution in [-0.4, -0.2) is 36.8 Å². The zero-order chi connectivity index (χ0) is 27.1. The van der Waals surface area contributed by atoms with E-state index >= 15 is 0 Å². The van der Waals surface area contributed by atoms with E-state index in [1.807, 2.05) is 31.2 Å². The Balaban J connectivity index is 1.44. The minimum Gasteiger partial charge on any atom is -0.459 e. The van der Waals surface area contributed by atoms with Gasteiger partial charge in [0.1, 0.15) is 11.5 Å².